The molecule has 3 heteroatoms. The Morgan fingerprint density at radius 2 is 2.56 bits per heavy atom. The van der Waals surface area contributed by atoms with Crippen LogP contribution in [0.25, 0.3) is 0 Å². The molecule has 0 saturated carbocycles. The van der Waals surface area contributed by atoms with Crippen LogP contribution in [-0.4, -0.2) is 0 Å². The van der Waals surface area contributed by atoms with Gasteiger partial charge in [0.05, 0.1) is 0 Å². The molecule has 1 rings (SSSR count). The van der Waals surface area contributed by atoms with Crippen molar-refractivity contribution in [3.63, 3.8) is 0 Å². The molecule has 0 radical (unpaired) electrons. The Morgan fingerprint density at radius 3 is 3.00 bits per heavy atom. The summed E-state index contributed by atoms with van der Waals surface area (Å²) in [6.45, 7) is 3.10. The summed E-state index contributed by atoms with van der Waals surface area (Å²) in [5.74, 6) is 0. The van der Waals surface area contributed by atoms with E-state index in [1.54, 1.807) is 11.3 Å². The van der Waals surface area contributed by atoms with Crippen molar-refractivity contribution in [2.24, 2.45) is 0 Å². The number of halogens is 1. The lowest BCUT2D eigenvalue weighted by atomic mass is 10.3. The highest BCUT2D eigenvalue weighted by Gasteiger charge is 1.92. The zero-order valence-electron chi connectivity index (χ0n) is 5.15. The van der Waals surface area contributed by atoms with E-state index in [1.807, 2.05) is 0 Å². The smallest absolute Gasteiger partial charge is 0.0309 e. The summed E-state index contributed by atoms with van der Waals surface area (Å²) in [5.41, 5.74) is 1.38. The molecule has 0 fully saturated rings. The molecule has 1 nitrogen and oxygen atoms in total. The van der Waals surface area contributed by atoms with Crippen molar-refractivity contribution in [2.75, 3.05) is 0 Å². The van der Waals surface area contributed by atoms with Crippen LogP contribution >= 0.6 is 34.2 Å². The monoisotopic (exact) mass is 253 g/mol. The van der Waals surface area contributed by atoms with Crippen LogP contribution in [0, 0.1) is 6.92 Å². The molecule has 0 bridgehead atoms. The zero-order valence-corrected chi connectivity index (χ0v) is 8.12. The lowest BCUT2D eigenvalue weighted by Gasteiger charge is -1.88. The molecule has 0 amide bonds. The summed E-state index contributed by atoms with van der Waals surface area (Å²) in [6, 6.07) is 2.20. The zero-order chi connectivity index (χ0) is 6.69. The molecule has 0 aromatic carbocycles. The van der Waals surface area contributed by atoms with Crippen molar-refractivity contribution < 1.29 is 0 Å². The maximum atomic E-state index is 3.07. The topological polar surface area (TPSA) is 12.0 Å². The largest absolute Gasteiger partial charge is 0.257 e. The van der Waals surface area contributed by atoms with Gasteiger partial charge in [0.1, 0.15) is 0 Å². The maximum absolute atomic E-state index is 3.07. The van der Waals surface area contributed by atoms with Crippen molar-refractivity contribution in [2.45, 2.75) is 13.5 Å². The van der Waals surface area contributed by atoms with E-state index in [0.717, 1.165) is 6.54 Å². The van der Waals surface area contributed by atoms with Gasteiger partial charge in [-0.1, -0.05) is 0 Å². The van der Waals surface area contributed by atoms with Gasteiger partial charge in [0, 0.05) is 34.3 Å². The van der Waals surface area contributed by atoms with E-state index in [2.05, 4.69) is 44.8 Å². The van der Waals surface area contributed by atoms with Crippen LogP contribution in [0.15, 0.2) is 11.4 Å². The Kier molecular flexibility index (Phi) is 2.94. The van der Waals surface area contributed by atoms with Crippen molar-refractivity contribution in [3.05, 3.63) is 21.9 Å². The van der Waals surface area contributed by atoms with E-state index >= 15 is 0 Å². The minimum atomic E-state index is 0.977. The molecule has 1 N–H and O–H groups in total. The molecule has 0 aliphatic carbocycles. The minimum Gasteiger partial charge on any atom is -0.257 e. The second kappa shape index (κ2) is 3.53. The number of aryl methyl sites for hydroxylation is 1. The van der Waals surface area contributed by atoms with E-state index in [-0.39, 0.29) is 0 Å². The minimum absolute atomic E-state index is 0.977. The number of hydrogen-bond acceptors (Lipinski definition) is 2. The third kappa shape index (κ3) is 2.23. The highest BCUT2D eigenvalue weighted by Crippen LogP contribution is 2.12. The summed E-state index contributed by atoms with van der Waals surface area (Å²) in [5, 5.41) is 2.18. The fourth-order valence-electron chi connectivity index (χ4n) is 0.668. The van der Waals surface area contributed by atoms with Gasteiger partial charge < -0.3 is 0 Å². The summed E-state index contributed by atoms with van der Waals surface area (Å²) < 4.78 is 3.07. The molecular weight excluding hydrogens is 245 g/mol. The number of rotatable bonds is 2. The third-order valence-electron chi connectivity index (χ3n) is 1.06. The Morgan fingerprint density at radius 1 is 1.78 bits per heavy atom. The predicted molar refractivity (Wildman–Crippen MR) is 49.9 cm³/mol. The Balaban J connectivity index is 2.61. The van der Waals surface area contributed by atoms with Crippen LogP contribution in [0.2, 0.25) is 0 Å². The molecule has 1 heterocycles. The van der Waals surface area contributed by atoms with Gasteiger partial charge in [-0.15, -0.1) is 11.3 Å². The van der Waals surface area contributed by atoms with Gasteiger partial charge in [-0.2, -0.15) is 0 Å². The quantitative estimate of drug-likeness (QED) is 0.630. The third-order valence-corrected chi connectivity index (χ3v) is 2.35. The normalized spacial score (nSPS) is 10.0. The van der Waals surface area contributed by atoms with Crippen molar-refractivity contribution in [1.29, 1.82) is 0 Å². The van der Waals surface area contributed by atoms with Gasteiger partial charge in [-0.25, -0.2) is 0 Å². The van der Waals surface area contributed by atoms with E-state index in [0.29, 0.717) is 0 Å². The first-order valence-corrected chi connectivity index (χ1v) is 4.66. The van der Waals surface area contributed by atoms with Gasteiger partial charge in [-0.05, 0) is 23.9 Å². The SMILES string of the molecule is Cc1cc(CNI)cs1. The van der Waals surface area contributed by atoms with Crippen LogP contribution in [0.3, 0.4) is 0 Å². The Labute approximate surface area is 73.0 Å². The van der Waals surface area contributed by atoms with Crippen molar-refractivity contribution in [3.8, 4) is 0 Å². The molecular formula is C6H8INS. The molecule has 0 aliphatic rings. The lowest BCUT2D eigenvalue weighted by molar-refractivity contribution is 1.02. The number of nitrogens with one attached hydrogen (secondary N) is 1. The second-order valence-electron chi connectivity index (χ2n) is 1.88. The van der Waals surface area contributed by atoms with Gasteiger partial charge in [0.25, 0.3) is 0 Å². The Bertz CT molecular complexity index is 185. The molecule has 0 spiro atoms. The lowest BCUT2D eigenvalue weighted by Crippen LogP contribution is -1.94. The van der Waals surface area contributed by atoms with Gasteiger partial charge in [-0.3, -0.25) is 3.53 Å². The average Bonchev–Trinajstić information content (AvgIpc) is 2.17. The van der Waals surface area contributed by atoms with E-state index in [4.69, 9.17) is 0 Å². The molecule has 50 valence electrons. The summed E-state index contributed by atoms with van der Waals surface area (Å²) >= 11 is 3.96. The highest BCUT2D eigenvalue weighted by molar-refractivity contribution is 14.1. The summed E-state index contributed by atoms with van der Waals surface area (Å²) in [7, 11) is 0. The fourth-order valence-corrected chi connectivity index (χ4v) is 1.82. The average molecular weight is 253 g/mol. The van der Waals surface area contributed by atoms with E-state index in [9.17, 15) is 0 Å². The molecule has 1 aromatic heterocycles. The molecule has 9 heavy (non-hydrogen) atoms. The fraction of sp³-hybridized carbons (Fsp3) is 0.333. The second-order valence-corrected chi connectivity index (χ2v) is 3.75. The van der Waals surface area contributed by atoms with Crippen LogP contribution in [0.1, 0.15) is 10.4 Å². The van der Waals surface area contributed by atoms with Crippen LogP contribution in [-0.2, 0) is 6.54 Å². The van der Waals surface area contributed by atoms with Crippen LogP contribution < -0.4 is 3.53 Å². The summed E-state index contributed by atoms with van der Waals surface area (Å²) in [6.07, 6.45) is 0. The standard InChI is InChI=1S/C6H8INS/c1-5-2-6(3-8-7)4-9-5/h2,4,8H,3H2,1H3. The first-order valence-electron chi connectivity index (χ1n) is 2.70. The Hall–Kier alpha value is 0.390. The number of hydrogen-bond donors (Lipinski definition) is 1. The van der Waals surface area contributed by atoms with Crippen molar-refractivity contribution >= 4 is 34.2 Å². The number of thiophene rings is 1. The van der Waals surface area contributed by atoms with Crippen LogP contribution in [0.4, 0.5) is 0 Å². The predicted octanol–water partition coefficient (Wildman–Crippen LogP) is 2.50. The first-order chi connectivity index (χ1) is 4.33. The molecule has 0 atom stereocenters. The highest BCUT2D eigenvalue weighted by atomic mass is 127. The van der Waals surface area contributed by atoms with E-state index in [1.165, 1.54) is 10.4 Å². The summed E-state index contributed by atoms with van der Waals surface area (Å²) in [4.78, 5) is 1.39. The molecule has 1 aromatic rings. The van der Waals surface area contributed by atoms with E-state index < -0.39 is 0 Å². The van der Waals surface area contributed by atoms with Crippen molar-refractivity contribution in [1.82, 2.24) is 3.53 Å². The van der Waals surface area contributed by atoms with Gasteiger partial charge in [0.2, 0.25) is 0 Å². The first kappa shape index (κ1) is 7.50. The van der Waals surface area contributed by atoms with Crippen LogP contribution in [0.5, 0.6) is 0 Å². The molecule has 0 saturated heterocycles. The molecule has 0 aliphatic heterocycles. The molecule has 0 unspecified atom stereocenters. The van der Waals surface area contributed by atoms with Gasteiger partial charge >= 0.3 is 0 Å². The van der Waals surface area contributed by atoms with Gasteiger partial charge in [0.15, 0.2) is 0 Å². The maximum Gasteiger partial charge on any atom is 0.0309 e.